The highest BCUT2D eigenvalue weighted by Gasteiger charge is 2.37. The molecule has 202 valence electrons. The second-order valence-electron chi connectivity index (χ2n) is 11.2. The Morgan fingerprint density at radius 2 is 1.68 bits per heavy atom. The Balaban J connectivity index is 1.44. The van der Waals surface area contributed by atoms with Gasteiger partial charge in [0.1, 0.15) is 12.4 Å². The van der Waals surface area contributed by atoms with E-state index in [-0.39, 0.29) is 11.3 Å². The number of hydrogen-bond acceptors (Lipinski definition) is 3. The highest BCUT2D eigenvalue weighted by atomic mass is 19.4. The van der Waals surface area contributed by atoms with Crippen molar-refractivity contribution in [2.75, 3.05) is 39.3 Å². The largest absolute Gasteiger partial charge is 0.492 e. The number of fused-ring (bicyclic) bond motifs is 1. The van der Waals surface area contributed by atoms with E-state index in [2.05, 4.69) is 36.9 Å². The number of amides is 1. The van der Waals surface area contributed by atoms with Gasteiger partial charge >= 0.3 is 6.18 Å². The summed E-state index contributed by atoms with van der Waals surface area (Å²) in [5.41, 5.74) is 0.987. The molecule has 0 saturated carbocycles. The number of alkyl halides is 3. The number of carbonyl (C=O) groups excluding carboxylic acids is 1. The molecule has 0 aromatic heterocycles. The Morgan fingerprint density at radius 3 is 2.35 bits per heavy atom. The number of ether oxygens (including phenoxy) is 1. The molecule has 2 heterocycles. The lowest BCUT2D eigenvalue weighted by atomic mass is 9.73. The van der Waals surface area contributed by atoms with E-state index in [1.54, 1.807) is 0 Å². The lowest BCUT2D eigenvalue weighted by Crippen LogP contribution is -2.49. The molecule has 0 atom stereocenters. The van der Waals surface area contributed by atoms with Gasteiger partial charge in [0, 0.05) is 38.3 Å². The number of piperidine rings is 1. The predicted octanol–water partition coefficient (Wildman–Crippen LogP) is 6.69. The van der Waals surface area contributed by atoms with E-state index in [1.165, 1.54) is 17.7 Å². The number of para-hydroxylation sites is 1. The van der Waals surface area contributed by atoms with Crippen LogP contribution in [0.2, 0.25) is 0 Å². The smallest absolute Gasteiger partial charge is 0.416 e. The molecule has 0 bridgehead atoms. The summed E-state index contributed by atoms with van der Waals surface area (Å²) in [6.07, 6.45) is 1.75. The topological polar surface area (TPSA) is 32.8 Å². The van der Waals surface area contributed by atoms with Gasteiger partial charge in [-0.25, -0.2) is 0 Å². The number of halogens is 3. The van der Waals surface area contributed by atoms with Gasteiger partial charge in [-0.1, -0.05) is 38.5 Å². The molecule has 2 aliphatic rings. The van der Waals surface area contributed by atoms with Crippen LogP contribution in [0.5, 0.6) is 5.75 Å². The number of rotatable bonds is 3. The monoisotopic (exact) mass is 516 g/mol. The first-order valence-electron chi connectivity index (χ1n) is 13.5. The highest BCUT2D eigenvalue weighted by Crippen LogP contribution is 2.39. The van der Waals surface area contributed by atoms with E-state index in [4.69, 9.17) is 4.74 Å². The van der Waals surface area contributed by atoms with E-state index in [1.807, 2.05) is 11.0 Å². The van der Waals surface area contributed by atoms with E-state index < -0.39 is 11.7 Å². The molecule has 0 unspecified atom stereocenters. The number of hydrogen-bond donors (Lipinski definition) is 0. The van der Waals surface area contributed by atoms with Crippen LogP contribution >= 0.6 is 0 Å². The van der Waals surface area contributed by atoms with Crippen molar-refractivity contribution in [2.45, 2.75) is 58.5 Å². The molecule has 2 aromatic carbocycles. The van der Waals surface area contributed by atoms with Gasteiger partial charge < -0.3 is 9.64 Å². The van der Waals surface area contributed by atoms with Gasteiger partial charge in [-0.3, -0.25) is 9.69 Å². The third kappa shape index (κ3) is 7.28. The number of likely N-dealkylation sites (tertiary alicyclic amines) is 1. The average molecular weight is 517 g/mol. The molecule has 0 radical (unpaired) electrons. The SMILES string of the molecule is CC(C)CN1CCOc2ccccc2CCCCC2(CCN(C(=O)c3ccc(C(F)(F)F)cc3)CC2)C1. The van der Waals surface area contributed by atoms with Crippen molar-refractivity contribution < 1.29 is 22.7 Å². The first-order valence-corrected chi connectivity index (χ1v) is 13.5. The minimum Gasteiger partial charge on any atom is -0.492 e. The van der Waals surface area contributed by atoms with Crippen molar-refractivity contribution in [1.82, 2.24) is 9.80 Å². The Bertz CT molecular complexity index is 1030. The molecule has 1 fully saturated rings. The standard InChI is InChI=1S/C30H39F3N2O2/c1-23(2)21-34-19-20-37-27-9-4-3-7-24(27)8-5-6-14-29(22-34)15-17-35(18-16-29)28(36)25-10-12-26(13-11-25)30(31,32)33/h3-4,7,9-13,23H,5-6,8,14-22H2,1-2H3. The van der Waals surface area contributed by atoms with Crippen LogP contribution in [0.1, 0.15) is 67.4 Å². The molecule has 0 aliphatic carbocycles. The van der Waals surface area contributed by atoms with E-state index >= 15 is 0 Å². The zero-order valence-electron chi connectivity index (χ0n) is 22.0. The number of benzene rings is 2. The summed E-state index contributed by atoms with van der Waals surface area (Å²) in [6, 6.07) is 12.9. The number of nitrogens with zero attached hydrogens (tertiary/aromatic N) is 2. The van der Waals surface area contributed by atoms with Crippen LogP contribution < -0.4 is 4.74 Å². The van der Waals surface area contributed by atoms with Crippen molar-refractivity contribution in [3.8, 4) is 5.75 Å². The highest BCUT2D eigenvalue weighted by molar-refractivity contribution is 5.94. The van der Waals surface area contributed by atoms with Crippen LogP contribution in [0.25, 0.3) is 0 Å². The summed E-state index contributed by atoms with van der Waals surface area (Å²) in [6.45, 7) is 9.25. The Morgan fingerprint density at radius 1 is 0.973 bits per heavy atom. The third-order valence-electron chi connectivity index (χ3n) is 7.79. The van der Waals surface area contributed by atoms with Gasteiger partial charge in [0.05, 0.1) is 5.56 Å². The third-order valence-corrected chi connectivity index (χ3v) is 7.79. The van der Waals surface area contributed by atoms with Crippen LogP contribution in [0.3, 0.4) is 0 Å². The fourth-order valence-electron chi connectivity index (χ4n) is 5.83. The number of carbonyl (C=O) groups is 1. The summed E-state index contributed by atoms with van der Waals surface area (Å²) < 4.78 is 45.0. The van der Waals surface area contributed by atoms with Crippen molar-refractivity contribution in [3.63, 3.8) is 0 Å². The van der Waals surface area contributed by atoms with Gasteiger partial charge in [0.15, 0.2) is 0 Å². The molecule has 1 amide bonds. The molecular formula is C30H39F3N2O2. The van der Waals surface area contributed by atoms with E-state index in [0.717, 1.165) is 76.0 Å². The molecule has 0 N–H and O–H groups in total. The van der Waals surface area contributed by atoms with Crippen molar-refractivity contribution in [3.05, 3.63) is 65.2 Å². The molecule has 4 rings (SSSR count). The minimum absolute atomic E-state index is 0.129. The normalized spacial score (nSPS) is 19.6. The van der Waals surface area contributed by atoms with Crippen LogP contribution in [0, 0.1) is 11.3 Å². The lowest BCUT2D eigenvalue weighted by molar-refractivity contribution is -0.137. The van der Waals surface area contributed by atoms with Gasteiger partial charge in [-0.15, -0.1) is 0 Å². The van der Waals surface area contributed by atoms with Gasteiger partial charge in [-0.05, 0) is 79.3 Å². The van der Waals surface area contributed by atoms with E-state index in [0.29, 0.717) is 31.2 Å². The Hall–Kier alpha value is -2.54. The van der Waals surface area contributed by atoms with E-state index in [9.17, 15) is 18.0 Å². The maximum Gasteiger partial charge on any atom is 0.416 e. The minimum atomic E-state index is -4.40. The van der Waals surface area contributed by atoms with Crippen molar-refractivity contribution in [1.29, 1.82) is 0 Å². The second-order valence-corrected chi connectivity index (χ2v) is 11.2. The maximum atomic E-state index is 13.1. The first kappa shape index (κ1) is 27.5. The molecule has 4 nitrogen and oxygen atoms in total. The molecular weight excluding hydrogens is 477 g/mol. The second kappa shape index (κ2) is 11.9. The van der Waals surface area contributed by atoms with Crippen molar-refractivity contribution in [2.24, 2.45) is 11.3 Å². The Labute approximate surface area is 218 Å². The van der Waals surface area contributed by atoms with Gasteiger partial charge in [-0.2, -0.15) is 13.2 Å². The fraction of sp³-hybridized carbons (Fsp3) is 0.567. The summed E-state index contributed by atoms with van der Waals surface area (Å²) in [4.78, 5) is 17.4. The fourth-order valence-corrected chi connectivity index (χ4v) is 5.83. The Kier molecular flexibility index (Phi) is 8.83. The molecule has 1 spiro atoms. The molecule has 2 aliphatic heterocycles. The number of aryl methyl sites for hydroxylation is 1. The van der Waals surface area contributed by atoms with Crippen LogP contribution in [0.15, 0.2) is 48.5 Å². The van der Waals surface area contributed by atoms with Gasteiger partial charge in [0.2, 0.25) is 0 Å². The zero-order valence-corrected chi connectivity index (χ0v) is 22.0. The maximum absolute atomic E-state index is 13.1. The van der Waals surface area contributed by atoms with Crippen LogP contribution in [-0.4, -0.2) is 55.0 Å². The summed E-state index contributed by atoms with van der Waals surface area (Å²) in [5, 5.41) is 0. The summed E-state index contributed by atoms with van der Waals surface area (Å²) >= 11 is 0. The van der Waals surface area contributed by atoms with Crippen LogP contribution in [0.4, 0.5) is 13.2 Å². The van der Waals surface area contributed by atoms with Crippen molar-refractivity contribution >= 4 is 5.91 Å². The lowest BCUT2D eigenvalue weighted by Gasteiger charge is -2.45. The first-order chi connectivity index (χ1) is 17.7. The summed E-state index contributed by atoms with van der Waals surface area (Å²) in [5.74, 6) is 1.36. The molecule has 7 heteroatoms. The summed E-state index contributed by atoms with van der Waals surface area (Å²) in [7, 11) is 0. The van der Waals surface area contributed by atoms with Crippen LogP contribution in [-0.2, 0) is 12.6 Å². The quantitative estimate of drug-likeness (QED) is 0.456. The average Bonchev–Trinajstić information content (AvgIpc) is 2.86. The molecule has 1 saturated heterocycles. The predicted molar refractivity (Wildman–Crippen MR) is 140 cm³/mol. The molecule has 37 heavy (non-hydrogen) atoms. The van der Waals surface area contributed by atoms with Gasteiger partial charge in [0.25, 0.3) is 5.91 Å². The zero-order chi connectivity index (χ0) is 26.5. The molecule has 2 aromatic rings.